The maximum absolute atomic E-state index is 2.33. The van der Waals surface area contributed by atoms with Crippen LogP contribution in [0.1, 0.15) is 57.1 Å². The summed E-state index contributed by atoms with van der Waals surface area (Å²) in [5.74, 6) is 0.856. The molecule has 0 amide bonds. The van der Waals surface area contributed by atoms with E-state index in [-0.39, 0.29) is 7.43 Å². The van der Waals surface area contributed by atoms with Gasteiger partial charge in [0.25, 0.3) is 0 Å². The van der Waals surface area contributed by atoms with Crippen LogP contribution in [0.3, 0.4) is 0 Å². The smallest absolute Gasteiger partial charge is 0.0159 e. The minimum atomic E-state index is 0. The summed E-state index contributed by atoms with van der Waals surface area (Å²) in [6, 6.07) is 8.99. The van der Waals surface area contributed by atoms with Gasteiger partial charge >= 0.3 is 0 Å². The van der Waals surface area contributed by atoms with Crippen LogP contribution in [-0.4, -0.2) is 0 Å². The molecule has 0 heterocycles. The van der Waals surface area contributed by atoms with Crippen molar-refractivity contribution in [3.8, 4) is 0 Å². The van der Waals surface area contributed by atoms with Gasteiger partial charge in [-0.1, -0.05) is 45.0 Å². The largest absolute Gasteiger partial charge is 0.0776 e. The van der Waals surface area contributed by atoms with Crippen LogP contribution in [0, 0.1) is 0 Å². The lowest BCUT2D eigenvalue weighted by Crippen LogP contribution is -2.09. The Morgan fingerprint density at radius 2 is 2.07 bits per heavy atom. The first-order valence-electron chi connectivity index (χ1n) is 5.49. The van der Waals surface area contributed by atoms with Gasteiger partial charge in [0.15, 0.2) is 0 Å². The minimum Gasteiger partial charge on any atom is -0.0776 e. The Morgan fingerprint density at radius 3 is 2.86 bits per heavy atom. The Morgan fingerprint density at radius 1 is 1.29 bits per heavy atom. The zero-order valence-corrected chi connectivity index (χ0v) is 8.42. The van der Waals surface area contributed by atoms with Gasteiger partial charge in [0.2, 0.25) is 0 Å². The van der Waals surface area contributed by atoms with Gasteiger partial charge in [-0.2, -0.15) is 0 Å². The predicted molar refractivity (Wildman–Crippen MR) is 63.8 cm³/mol. The molecule has 0 saturated heterocycles. The van der Waals surface area contributed by atoms with Crippen LogP contribution in [0.4, 0.5) is 0 Å². The number of benzene rings is 1. The van der Waals surface area contributed by atoms with Crippen LogP contribution < -0.4 is 0 Å². The van der Waals surface area contributed by atoms with Crippen molar-refractivity contribution >= 4 is 0 Å². The quantitative estimate of drug-likeness (QED) is 0.642. The summed E-state index contributed by atoms with van der Waals surface area (Å²) in [5, 5.41) is 0. The Kier molecular flexibility index (Phi) is 4.19. The monoisotopic (exact) mass is 190 g/mol. The second kappa shape index (κ2) is 5.19. The van der Waals surface area contributed by atoms with Crippen LogP contribution in [0.25, 0.3) is 0 Å². The Labute approximate surface area is 88.4 Å². The van der Waals surface area contributed by atoms with E-state index in [1.807, 2.05) is 0 Å². The first-order chi connectivity index (χ1) is 6.42. The summed E-state index contributed by atoms with van der Waals surface area (Å²) in [6.07, 6.45) is 6.79. The SMILES string of the molecule is C.CCCC1CCCc2ccccc21. The van der Waals surface area contributed by atoms with Gasteiger partial charge in [-0.25, -0.2) is 0 Å². The third-order valence-corrected chi connectivity index (χ3v) is 3.13. The van der Waals surface area contributed by atoms with Gasteiger partial charge in [-0.05, 0) is 42.7 Å². The average molecular weight is 190 g/mol. The van der Waals surface area contributed by atoms with Crippen molar-refractivity contribution in [3.63, 3.8) is 0 Å². The molecule has 0 spiro atoms. The molecule has 1 atom stereocenters. The second-order valence-electron chi connectivity index (χ2n) is 4.08. The molecule has 1 aromatic rings. The average Bonchev–Trinajstić information content (AvgIpc) is 2.19. The van der Waals surface area contributed by atoms with E-state index in [0.29, 0.717) is 0 Å². The molecule has 0 heteroatoms. The van der Waals surface area contributed by atoms with E-state index >= 15 is 0 Å². The van der Waals surface area contributed by atoms with Crippen molar-refractivity contribution in [3.05, 3.63) is 35.4 Å². The van der Waals surface area contributed by atoms with Crippen molar-refractivity contribution < 1.29 is 0 Å². The molecule has 0 aliphatic heterocycles. The molecule has 1 unspecified atom stereocenters. The molecule has 0 bridgehead atoms. The van der Waals surface area contributed by atoms with E-state index in [9.17, 15) is 0 Å². The van der Waals surface area contributed by atoms with Crippen molar-refractivity contribution in [1.82, 2.24) is 0 Å². The van der Waals surface area contributed by atoms with Crippen LogP contribution in [0.5, 0.6) is 0 Å². The lowest BCUT2D eigenvalue weighted by molar-refractivity contribution is 0.515. The Balaban J connectivity index is 0.000000980. The number of hydrogen-bond donors (Lipinski definition) is 0. The molecule has 0 N–H and O–H groups in total. The molecule has 0 fully saturated rings. The summed E-state index contributed by atoms with van der Waals surface area (Å²) in [7, 11) is 0. The van der Waals surface area contributed by atoms with Crippen molar-refractivity contribution in [2.45, 2.75) is 52.4 Å². The Bertz CT molecular complexity index is 275. The highest BCUT2D eigenvalue weighted by Gasteiger charge is 2.18. The minimum absolute atomic E-state index is 0. The first-order valence-corrected chi connectivity index (χ1v) is 5.49. The second-order valence-corrected chi connectivity index (χ2v) is 4.08. The lowest BCUT2D eigenvalue weighted by Gasteiger charge is -2.24. The fraction of sp³-hybridized carbons (Fsp3) is 0.571. The van der Waals surface area contributed by atoms with Crippen LogP contribution in [0.2, 0.25) is 0 Å². The van der Waals surface area contributed by atoms with Gasteiger partial charge < -0.3 is 0 Å². The number of aryl methyl sites for hydroxylation is 1. The summed E-state index contributed by atoms with van der Waals surface area (Å²) >= 11 is 0. The first kappa shape index (κ1) is 11.3. The maximum Gasteiger partial charge on any atom is -0.0159 e. The van der Waals surface area contributed by atoms with Crippen LogP contribution in [-0.2, 0) is 6.42 Å². The van der Waals surface area contributed by atoms with Gasteiger partial charge in [0.1, 0.15) is 0 Å². The van der Waals surface area contributed by atoms with E-state index in [4.69, 9.17) is 0 Å². The van der Waals surface area contributed by atoms with Crippen LogP contribution in [0.15, 0.2) is 24.3 Å². The molecule has 1 aromatic carbocycles. The number of hydrogen-bond acceptors (Lipinski definition) is 0. The highest BCUT2D eigenvalue weighted by Crippen LogP contribution is 2.34. The van der Waals surface area contributed by atoms with Gasteiger partial charge in [0, 0.05) is 0 Å². The molecule has 2 rings (SSSR count). The highest BCUT2D eigenvalue weighted by atomic mass is 14.2. The Hall–Kier alpha value is -0.780. The molecule has 78 valence electrons. The summed E-state index contributed by atoms with van der Waals surface area (Å²) < 4.78 is 0. The van der Waals surface area contributed by atoms with Crippen molar-refractivity contribution in [2.75, 3.05) is 0 Å². The lowest BCUT2D eigenvalue weighted by atomic mass is 9.81. The molecular weight excluding hydrogens is 168 g/mol. The molecule has 1 aliphatic rings. The summed E-state index contributed by atoms with van der Waals surface area (Å²) in [4.78, 5) is 0. The molecule has 0 aromatic heterocycles. The molecular formula is C14H22. The molecule has 0 radical (unpaired) electrons. The maximum atomic E-state index is 2.33. The van der Waals surface area contributed by atoms with Crippen molar-refractivity contribution in [1.29, 1.82) is 0 Å². The zero-order chi connectivity index (χ0) is 9.10. The normalized spacial score (nSPS) is 19.6. The summed E-state index contributed by atoms with van der Waals surface area (Å²) in [6.45, 7) is 2.29. The highest BCUT2D eigenvalue weighted by molar-refractivity contribution is 5.32. The van der Waals surface area contributed by atoms with E-state index in [2.05, 4.69) is 31.2 Å². The standard InChI is InChI=1S/C13H18.CH4/c1-2-6-11-8-5-9-12-7-3-4-10-13(11)12;/h3-4,7,10-11H,2,5-6,8-9H2,1H3;1H4. The van der Waals surface area contributed by atoms with E-state index in [1.54, 1.807) is 11.1 Å². The van der Waals surface area contributed by atoms with Crippen molar-refractivity contribution in [2.24, 2.45) is 0 Å². The number of rotatable bonds is 2. The van der Waals surface area contributed by atoms with E-state index in [1.165, 1.54) is 32.1 Å². The zero-order valence-electron chi connectivity index (χ0n) is 8.42. The summed E-state index contributed by atoms with van der Waals surface area (Å²) in [5.41, 5.74) is 3.24. The number of fused-ring (bicyclic) bond motifs is 1. The third-order valence-electron chi connectivity index (χ3n) is 3.13. The van der Waals surface area contributed by atoms with Gasteiger partial charge in [0.05, 0.1) is 0 Å². The van der Waals surface area contributed by atoms with Gasteiger partial charge in [-0.15, -0.1) is 0 Å². The predicted octanol–water partition coefficient (Wildman–Crippen LogP) is 4.54. The molecule has 1 aliphatic carbocycles. The van der Waals surface area contributed by atoms with Gasteiger partial charge in [-0.3, -0.25) is 0 Å². The fourth-order valence-corrected chi connectivity index (χ4v) is 2.50. The van der Waals surface area contributed by atoms with Crippen LogP contribution >= 0.6 is 0 Å². The van der Waals surface area contributed by atoms with E-state index < -0.39 is 0 Å². The topological polar surface area (TPSA) is 0 Å². The fourth-order valence-electron chi connectivity index (χ4n) is 2.50. The molecule has 0 saturated carbocycles. The molecule has 14 heavy (non-hydrogen) atoms. The molecule has 0 nitrogen and oxygen atoms in total. The third kappa shape index (κ3) is 2.17. The van der Waals surface area contributed by atoms with E-state index in [0.717, 1.165) is 5.92 Å².